The normalized spacial score (nSPS) is 12.9. The van der Waals surface area contributed by atoms with Crippen molar-refractivity contribution < 1.29 is 0 Å². The van der Waals surface area contributed by atoms with Crippen LogP contribution < -0.4 is 5.32 Å². The van der Waals surface area contributed by atoms with E-state index in [0.29, 0.717) is 6.04 Å². The zero-order chi connectivity index (χ0) is 10.6. The number of hydrogen-bond donors (Lipinski definition) is 1. The van der Waals surface area contributed by atoms with Crippen molar-refractivity contribution in [1.82, 2.24) is 5.32 Å². The molecule has 0 saturated heterocycles. The van der Waals surface area contributed by atoms with Gasteiger partial charge in [-0.3, -0.25) is 0 Å². The van der Waals surface area contributed by atoms with E-state index in [9.17, 15) is 0 Å². The van der Waals surface area contributed by atoms with E-state index < -0.39 is 0 Å². The summed E-state index contributed by atoms with van der Waals surface area (Å²) in [6, 6.07) is 7.17. The zero-order valence-electron chi connectivity index (χ0n) is 9.72. The summed E-state index contributed by atoms with van der Waals surface area (Å²) in [6.07, 6.45) is 1.19. The number of benzene rings is 1. The maximum absolute atomic E-state index is 3.50. The molecular formula is C13H21N. The van der Waals surface area contributed by atoms with Crippen molar-refractivity contribution in [3.05, 3.63) is 34.9 Å². The Kier molecular flexibility index (Phi) is 4.15. The van der Waals surface area contributed by atoms with Crippen molar-refractivity contribution in [3.8, 4) is 0 Å². The van der Waals surface area contributed by atoms with E-state index in [-0.39, 0.29) is 0 Å². The van der Waals surface area contributed by atoms with Crippen LogP contribution in [0.1, 0.15) is 43.0 Å². The van der Waals surface area contributed by atoms with Gasteiger partial charge >= 0.3 is 0 Å². The number of hydrogen-bond acceptors (Lipinski definition) is 1. The SMILES string of the molecule is CCCN[C@H](C)c1ccc(C)c(C)c1. The van der Waals surface area contributed by atoms with E-state index in [1.165, 1.54) is 23.1 Å². The van der Waals surface area contributed by atoms with Crippen LogP contribution in [0.5, 0.6) is 0 Å². The highest BCUT2D eigenvalue weighted by Gasteiger charge is 2.04. The Labute approximate surface area is 87.5 Å². The molecule has 78 valence electrons. The quantitative estimate of drug-likeness (QED) is 0.769. The van der Waals surface area contributed by atoms with Crippen LogP contribution in [0.15, 0.2) is 18.2 Å². The second kappa shape index (κ2) is 5.16. The highest BCUT2D eigenvalue weighted by Crippen LogP contribution is 2.16. The standard InChI is InChI=1S/C13H21N/c1-5-8-14-12(4)13-7-6-10(2)11(3)9-13/h6-7,9,12,14H,5,8H2,1-4H3/t12-/m1/s1. The fraction of sp³-hybridized carbons (Fsp3) is 0.538. The maximum Gasteiger partial charge on any atom is 0.0291 e. The molecule has 1 atom stereocenters. The van der Waals surface area contributed by atoms with E-state index in [1.54, 1.807) is 0 Å². The summed E-state index contributed by atoms with van der Waals surface area (Å²) in [4.78, 5) is 0. The van der Waals surface area contributed by atoms with E-state index >= 15 is 0 Å². The maximum atomic E-state index is 3.50. The van der Waals surface area contributed by atoms with Crippen LogP contribution in [-0.4, -0.2) is 6.54 Å². The monoisotopic (exact) mass is 191 g/mol. The Morgan fingerprint density at radius 1 is 1.21 bits per heavy atom. The molecule has 0 aromatic heterocycles. The Hall–Kier alpha value is -0.820. The first kappa shape index (κ1) is 11.3. The van der Waals surface area contributed by atoms with Crippen LogP contribution in [0.4, 0.5) is 0 Å². The van der Waals surface area contributed by atoms with Crippen LogP contribution >= 0.6 is 0 Å². The molecular weight excluding hydrogens is 170 g/mol. The lowest BCUT2D eigenvalue weighted by atomic mass is 10.0. The largest absolute Gasteiger partial charge is 0.310 e. The van der Waals surface area contributed by atoms with Gasteiger partial charge in [-0.2, -0.15) is 0 Å². The molecule has 0 unspecified atom stereocenters. The van der Waals surface area contributed by atoms with E-state index in [2.05, 4.69) is 51.2 Å². The molecule has 0 aliphatic carbocycles. The van der Waals surface area contributed by atoms with E-state index in [0.717, 1.165) is 6.54 Å². The molecule has 14 heavy (non-hydrogen) atoms. The van der Waals surface area contributed by atoms with Gasteiger partial charge in [0.15, 0.2) is 0 Å². The first-order chi connectivity index (χ1) is 6.65. The fourth-order valence-corrected chi connectivity index (χ4v) is 1.51. The van der Waals surface area contributed by atoms with Gasteiger partial charge in [0.25, 0.3) is 0 Å². The summed E-state index contributed by atoms with van der Waals surface area (Å²) in [6.45, 7) is 9.84. The minimum Gasteiger partial charge on any atom is -0.310 e. The minimum absolute atomic E-state index is 0.467. The van der Waals surface area contributed by atoms with Gasteiger partial charge < -0.3 is 5.32 Å². The molecule has 0 fully saturated rings. The third kappa shape index (κ3) is 2.85. The van der Waals surface area contributed by atoms with Crippen LogP contribution in [0.25, 0.3) is 0 Å². The van der Waals surface area contributed by atoms with Crippen molar-refractivity contribution in [2.45, 2.75) is 40.2 Å². The van der Waals surface area contributed by atoms with E-state index in [4.69, 9.17) is 0 Å². The first-order valence-corrected chi connectivity index (χ1v) is 5.45. The minimum atomic E-state index is 0.467. The lowest BCUT2D eigenvalue weighted by Crippen LogP contribution is -2.19. The van der Waals surface area contributed by atoms with Gasteiger partial charge in [0.2, 0.25) is 0 Å². The fourth-order valence-electron chi connectivity index (χ4n) is 1.51. The Morgan fingerprint density at radius 3 is 2.50 bits per heavy atom. The van der Waals surface area contributed by atoms with Crippen LogP contribution in [-0.2, 0) is 0 Å². The van der Waals surface area contributed by atoms with Crippen molar-refractivity contribution >= 4 is 0 Å². The van der Waals surface area contributed by atoms with Crippen molar-refractivity contribution in [3.63, 3.8) is 0 Å². The molecule has 0 heterocycles. The topological polar surface area (TPSA) is 12.0 Å². The summed E-state index contributed by atoms with van der Waals surface area (Å²) in [5.74, 6) is 0. The molecule has 0 aliphatic rings. The average molecular weight is 191 g/mol. The van der Waals surface area contributed by atoms with E-state index in [1.807, 2.05) is 0 Å². The summed E-state index contributed by atoms with van der Waals surface area (Å²) >= 11 is 0. The number of nitrogens with one attached hydrogen (secondary N) is 1. The molecule has 0 spiro atoms. The summed E-state index contributed by atoms with van der Waals surface area (Å²) in [5.41, 5.74) is 4.14. The Morgan fingerprint density at radius 2 is 1.93 bits per heavy atom. The summed E-state index contributed by atoms with van der Waals surface area (Å²) in [7, 11) is 0. The molecule has 0 amide bonds. The number of rotatable bonds is 4. The van der Waals surface area contributed by atoms with Crippen molar-refractivity contribution in [2.75, 3.05) is 6.54 Å². The Balaban J connectivity index is 2.70. The average Bonchev–Trinajstić information content (AvgIpc) is 2.18. The molecule has 1 nitrogen and oxygen atoms in total. The zero-order valence-corrected chi connectivity index (χ0v) is 9.72. The van der Waals surface area contributed by atoms with Gasteiger partial charge in [-0.05, 0) is 50.4 Å². The number of aryl methyl sites for hydroxylation is 2. The highest BCUT2D eigenvalue weighted by atomic mass is 14.9. The predicted molar refractivity (Wildman–Crippen MR) is 62.6 cm³/mol. The second-order valence-corrected chi connectivity index (χ2v) is 4.02. The van der Waals surface area contributed by atoms with Crippen LogP contribution in [0, 0.1) is 13.8 Å². The smallest absolute Gasteiger partial charge is 0.0291 e. The third-order valence-electron chi connectivity index (χ3n) is 2.73. The van der Waals surface area contributed by atoms with Gasteiger partial charge in [0.1, 0.15) is 0 Å². The molecule has 1 heteroatoms. The lowest BCUT2D eigenvalue weighted by molar-refractivity contribution is 0.570. The predicted octanol–water partition coefficient (Wildman–Crippen LogP) is 3.36. The molecule has 0 aliphatic heterocycles. The van der Waals surface area contributed by atoms with Gasteiger partial charge in [-0.1, -0.05) is 25.1 Å². The van der Waals surface area contributed by atoms with Gasteiger partial charge in [-0.15, -0.1) is 0 Å². The lowest BCUT2D eigenvalue weighted by Gasteiger charge is -2.14. The highest BCUT2D eigenvalue weighted by molar-refractivity contribution is 5.31. The van der Waals surface area contributed by atoms with Gasteiger partial charge in [0, 0.05) is 6.04 Å². The Bertz CT molecular complexity index is 291. The molecule has 0 bridgehead atoms. The van der Waals surface area contributed by atoms with Gasteiger partial charge in [0.05, 0.1) is 0 Å². The third-order valence-corrected chi connectivity index (χ3v) is 2.73. The summed E-state index contributed by atoms with van der Waals surface area (Å²) in [5, 5.41) is 3.50. The second-order valence-electron chi connectivity index (χ2n) is 4.02. The van der Waals surface area contributed by atoms with Crippen molar-refractivity contribution in [2.24, 2.45) is 0 Å². The molecule has 1 aromatic carbocycles. The molecule has 1 aromatic rings. The van der Waals surface area contributed by atoms with Crippen LogP contribution in [0.3, 0.4) is 0 Å². The summed E-state index contributed by atoms with van der Waals surface area (Å²) < 4.78 is 0. The first-order valence-electron chi connectivity index (χ1n) is 5.45. The van der Waals surface area contributed by atoms with Crippen molar-refractivity contribution in [1.29, 1.82) is 0 Å². The molecule has 1 rings (SSSR count). The van der Waals surface area contributed by atoms with Gasteiger partial charge in [-0.25, -0.2) is 0 Å². The molecule has 0 saturated carbocycles. The molecule has 0 radical (unpaired) electrons. The van der Waals surface area contributed by atoms with Crippen LogP contribution in [0.2, 0.25) is 0 Å². The molecule has 1 N–H and O–H groups in total.